The molecule has 1 aromatic heterocycles. The van der Waals surface area contributed by atoms with E-state index in [4.69, 9.17) is 45.4 Å². The Morgan fingerprint density at radius 3 is 2.44 bits per heavy atom. The summed E-state index contributed by atoms with van der Waals surface area (Å²) in [6, 6.07) is 32.7. The summed E-state index contributed by atoms with van der Waals surface area (Å²) >= 11 is 18.7. The fraction of sp³-hybridized carbons (Fsp3) is 0.231. The lowest BCUT2D eigenvalue weighted by molar-refractivity contribution is -0.121. The van der Waals surface area contributed by atoms with Crippen LogP contribution in [-0.4, -0.2) is 44.6 Å². The number of hydrogen-bond acceptors (Lipinski definition) is 5. The Morgan fingerprint density at radius 2 is 1.72 bits per heavy atom. The molecule has 5 aromatic rings. The molecule has 1 atom stereocenters. The number of nitriles is 1. The van der Waals surface area contributed by atoms with Crippen molar-refractivity contribution in [3.8, 4) is 11.8 Å². The van der Waals surface area contributed by atoms with Gasteiger partial charge < -0.3 is 24.8 Å². The lowest BCUT2D eigenvalue weighted by atomic mass is 10.0. The maximum absolute atomic E-state index is 13.7. The first kappa shape index (κ1) is 36.4. The predicted molar refractivity (Wildman–Crippen MR) is 202 cm³/mol. The van der Waals surface area contributed by atoms with E-state index in [-0.39, 0.29) is 18.4 Å². The number of ether oxygens (including phenoxy) is 1. The van der Waals surface area contributed by atoms with Crippen LogP contribution in [0.4, 0.5) is 0 Å². The van der Waals surface area contributed by atoms with E-state index in [9.17, 15) is 4.79 Å². The van der Waals surface area contributed by atoms with Gasteiger partial charge in [0.05, 0.1) is 40.5 Å². The molecule has 4 aromatic carbocycles. The zero-order valence-corrected chi connectivity index (χ0v) is 30.0. The Bertz CT molecular complexity index is 1910. The molecule has 0 aliphatic heterocycles. The average Bonchev–Trinajstić information content (AvgIpc) is 3.56. The van der Waals surface area contributed by atoms with Crippen molar-refractivity contribution in [3.05, 3.63) is 153 Å². The minimum atomic E-state index is -0.317. The van der Waals surface area contributed by atoms with Crippen molar-refractivity contribution in [2.75, 3.05) is 13.1 Å². The highest BCUT2D eigenvalue weighted by Crippen LogP contribution is 2.27. The number of imidazole rings is 1. The summed E-state index contributed by atoms with van der Waals surface area (Å²) in [7, 11) is 0. The van der Waals surface area contributed by atoms with Crippen LogP contribution in [0.3, 0.4) is 0 Å². The lowest BCUT2D eigenvalue weighted by Gasteiger charge is -2.31. The Hall–Kier alpha value is -4.88. The molecule has 0 spiro atoms. The first-order valence-electron chi connectivity index (χ1n) is 16.3. The molecule has 256 valence electrons. The number of nitrogens with one attached hydrogen (secondary N) is 2. The van der Waals surface area contributed by atoms with Crippen LogP contribution in [0.5, 0.6) is 5.75 Å². The number of nitrogens with zero attached hydrogens (tertiary/aromatic N) is 4. The van der Waals surface area contributed by atoms with Gasteiger partial charge in [-0.15, -0.1) is 0 Å². The van der Waals surface area contributed by atoms with E-state index in [1.165, 1.54) is 0 Å². The van der Waals surface area contributed by atoms with E-state index in [2.05, 4.69) is 21.7 Å². The number of benzene rings is 4. The molecule has 0 unspecified atom stereocenters. The Kier molecular flexibility index (Phi) is 13.3. The number of halogens is 2. The quantitative estimate of drug-likeness (QED) is 0.109. The summed E-state index contributed by atoms with van der Waals surface area (Å²) in [5, 5.41) is 17.2. The van der Waals surface area contributed by atoms with Crippen molar-refractivity contribution in [1.82, 2.24) is 25.1 Å². The van der Waals surface area contributed by atoms with Crippen molar-refractivity contribution in [1.29, 1.82) is 5.26 Å². The molecule has 1 heterocycles. The SMILES string of the molecule is CCNC(=S)N(Cc1cccc(Cl)c1Cl)C[C@H](Cc1ccc(OCc2ccccc2)cc1)NC(=O)Cc1cncn1Cc1ccc(C#N)cc1. The molecular weight excluding hydrogens is 687 g/mol. The number of carbonyl (C=O) groups is 1. The third kappa shape index (κ3) is 10.6. The molecular formula is C39H38Cl2N6O2S. The minimum absolute atomic E-state index is 0.136. The first-order chi connectivity index (χ1) is 24.3. The zero-order chi connectivity index (χ0) is 35.3. The number of amides is 1. The predicted octanol–water partition coefficient (Wildman–Crippen LogP) is 7.36. The third-order valence-electron chi connectivity index (χ3n) is 8.04. The van der Waals surface area contributed by atoms with Crippen LogP contribution in [0.15, 0.2) is 110 Å². The van der Waals surface area contributed by atoms with E-state index in [1.54, 1.807) is 30.7 Å². The molecule has 0 aliphatic carbocycles. The summed E-state index contributed by atoms with van der Waals surface area (Å²) < 4.78 is 7.94. The second kappa shape index (κ2) is 18.2. The number of aromatic nitrogens is 2. The fourth-order valence-electron chi connectivity index (χ4n) is 5.50. The lowest BCUT2D eigenvalue weighted by Crippen LogP contribution is -2.49. The van der Waals surface area contributed by atoms with Gasteiger partial charge >= 0.3 is 0 Å². The third-order valence-corrected chi connectivity index (χ3v) is 9.30. The van der Waals surface area contributed by atoms with E-state index >= 15 is 0 Å². The summed E-state index contributed by atoms with van der Waals surface area (Å²) in [6.07, 6.45) is 4.10. The number of rotatable bonds is 15. The van der Waals surface area contributed by atoms with E-state index < -0.39 is 0 Å². The summed E-state index contributed by atoms with van der Waals surface area (Å²) in [5.41, 5.74) is 5.33. The molecule has 0 saturated heterocycles. The van der Waals surface area contributed by atoms with Crippen molar-refractivity contribution in [2.45, 2.75) is 45.5 Å². The van der Waals surface area contributed by atoms with Gasteiger partial charge in [-0.25, -0.2) is 4.98 Å². The van der Waals surface area contributed by atoms with Crippen molar-refractivity contribution in [3.63, 3.8) is 0 Å². The maximum atomic E-state index is 13.7. The Morgan fingerprint density at radius 1 is 0.980 bits per heavy atom. The zero-order valence-electron chi connectivity index (χ0n) is 27.7. The minimum Gasteiger partial charge on any atom is -0.489 e. The van der Waals surface area contributed by atoms with Gasteiger partial charge in [0.15, 0.2) is 5.11 Å². The maximum Gasteiger partial charge on any atom is 0.226 e. The molecule has 0 fully saturated rings. The fourth-order valence-corrected chi connectivity index (χ4v) is 6.16. The normalized spacial score (nSPS) is 11.3. The van der Waals surface area contributed by atoms with Crippen LogP contribution in [0.25, 0.3) is 0 Å². The summed E-state index contributed by atoms with van der Waals surface area (Å²) in [5.74, 6) is 0.619. The second-order valence-corrected chi connectivity index (χ2v) is 13.0. The van der Waals surface area contributed by atoms with Gasteiger partial charge in [0, 0.05) is 38.1 Å². The average molecular weight is 726 g/mol. The molecule has 0 radical (unpaired) electrons. The van der Waals surface area contributed by atoms with Crippen LogP contribution in [0.2, 0.25) is 10.0 Å². The van der Waals surface area contributed by atoms with Gasteiger partial charge in [-0.2, -0.15) is 5.26 Å². The second-order valence-electron chi connectivity index (χ2n) is 11.8. The highest BCUT2D eigenvalue weighted by molar-refractivity contribution is 7.80. The van der Waals surface area contributed by atoms with E-state index in [0.29, 0.717) is 59.9 Å². The van der Waals surface area contributed by atoms with Crippen LogP contribution in [-0.2, 0) is 37.3 Å². The monoisotopic (exact) mass is 724 g/mol. The van der Waals surface area contributed by atoms with Gasteiger partial charge in [0.2, 0.25) is 5.91 Å². The highest BCUT2D eigenvalue weighted by atomic mass is 35.5. The van der Waals surface area contributed by atoms with Gasteiger partial charge in [-0.3, -0.25) is 4.79 Å². The highest BCUT2D eigenvalue weighted by Gasteiger charge is 2.22. The molecule has 0 bridgehead atoms. The summed E-state index contributed by atoms with van der Waals surface area (Å²) in [4.78, 5) is 20.0. The topological polar surface area (TPSA) is 95.2 Å². The standard InChI is InChI=1S/C39H38Cl2N6O2S/c1-2-44-39(50)46(24-32-9-6-10-36(40)38(32)41)25-33(19-28-15-17-35(18-16-28)49-26-31-7-4-3-5-8-31)45-37(48)20-34-22-43-27-47(34)23-30-13-11-29(21-42)12-14-30/h3-18,22,27,33H,2,19-20,23-26H2,1H3,(H,44,50)(H,45,48)/t33-/m0/s1. The van der Waals surface area contributed by atoms with Crippen LogP contribution in [0.1, 0.15) is 40.4 Å². The van der Waals surface area contributed by atoms with Gasteiger partial charge in [0.25, 0.3) is 0 Å². The van der Waals surface area contributed by atoms with Crippen LogP contribution in [0, 0.1) is 11.3 Å². The van der Waals surface area contributed by atoms with Crippen LogP contribution >= 0.6 is 35.4 Å². The number of hydrogen-bond donors (Lipinski definition) is 2. The number of thiocarbonyl (C=S) groups is 1. The smallest absolute Gasteiger partial charge is 0.226 e. The Labute approximate surface area is 308 Å². The molecule has 1 amide bonds. The molecule has 5 rings (SSSR count). The molecule has 0 aliphatic rings. The molecule has 50 heavy (non-hydrogen) atoms. The largest absolute Gasteiger partial charge is 0.489 e. The van der Waals surface area contributed by atoms with Crippen molar-refractivity contribution < 1.29 is 9.53 Å². The molecule has 2 N–H and O–H groups in total. The van der Waals surface area contributed by atoms with Crippen molar-refractivity contribution in [2.24, 2.45) is 0 Å². The summed E-state index contributed by atoms with van der Waals surface area (Å²) in [6.45, 7) is 4.45. The molecule has 11 heteroatoms. The number of carbonyl (C=O) groups excluding carboxylic acids is 1. The van der Waals surface area contributed by atoms with Crippen LogP contribution < -0.4 is 15.4 Å². The van der Waals surface area contributed by atoms with Gasteiger partial charge in [0.1, 0.15) is 12.4 Å². The molecule has 0 saturated carbocycles. The van der Waals surface area contributed by atoms with E-state index in [0.717, 1.165) is 33.7 Å². The Balaban J connectivity index is 1.33. The first-order valence-corrected chi connectivity index (χ1v) is 17.5. The van der Waals surface area contributed by atoms with E-state index in [1.807, 2.05) is 95.3 Å². The van der Waals surface area contributed by atoms with Crippen molar-refractivity contribution >= 4 is 46.4 Å². The van der Waals surface area contributed by atoms with Gasteiger partial charge in [-0.05, 0) is 78.1 Å². The molecule has 8 nitrogen and oxygen atoms in total. The van der Waals surface area contributed by atoms with Gasteiger partial charge in [-0.1, -0.05) is 89.9 Å².